The molecule has 2 aromatic carbocycles. The summed E-state index contributed by atoms with van der Waals surface area (Å²) in [5.41, 5.74) is 1.52. The van der Waals surface area contributed by atoms with Crippen molar-refractivity contribution in [2.45, 2.75) is 0 Å². The van der Waals surface area contributed by atoms with Gasteiger partial charge in [-0.2, -0.15) is 0 Å². The number of amides is 2. The minimum absolute atomic E-state index is 0.0199. The van der Waals surface area contributed by atoms with Gasteiger partial charge in [0.05, 0.1) is 18.9 Å². The smallest absolute Gasteiger partial charge is 0.337 e. The van der Waals surface area contributed by atoms with Crippen molar-refractivity contribution in [1.82, 2.24) is 5.32 Å². The Kier molecular flexibility index (Phi) is 6.82. The summed E-state index contributed by atoms with van der Waals surface area (Å²) in [6.45, 7) is 0. The van der Waals surface area contributed by atoms with Gasteiger partial charge >= 0.3 is 5.97 Å². The Labute approximate surface area is 180 Å². The molecule has 0 saturated heterocycles. The second kappa shape index (κ2) is 9.71. The van der Waals surface area contributed by atoms with Crippen molar-refractivity contribution in [2.24, 2.45) is 0 Å². The van der Waals surface area contributed by atoms with E-state index in [1.54, 1.807) is 36.4 Å². The number of carbonyl (C=O) groups is 3. The molecule has 8 heteroatoms. The van der Waals surface area contributed by atoms with E-state index in [0.717, 1.165) is 4.47 Å². The standard InChI is InChI=1S/C22H17BrN2O5/c1-29-22(28)15-7-9-17(10-8-15)24-20(26)18(13-14-4-2-5-16(23)12-14)25-21(27)19-6-3-11-30-19/h2-13H,1H3,(H,24,26)(H,25,27)/b18-13-. The molecule has 3 aromatic rings. The molecule has 0 atom stereocenters. The number of esters is 1. The van der Waals surface area contributed by atoms with E-state index in [0.29, 0.717) is 16.8 Å². The van der Waals surface area contributed by atoms with Gasteiger partial charge in [-0.1, -0.05) is 28.1 Å². The molecule has 0 spiro atoms. The molecule has 0 saturated carbocycles. The molecule has 1 heterocycles. The zero-order valence-electron chi connectivity index (χ0n) is 15.8. The van der Waals surface area contributed by atoms with Gasteiger partial charge < -0.3 is 19.8 Å². The van der Waals surface area contributed by atoms with Gasteiger partial charge in [0.15, 0.2) is 5.76 Å². The highest BCUT2D eigenvalue weighted by atomic mass is 79.9. The largest absolute Gasteiger partial charge is 0.465 e. The molecule has 3 rings (SSSR count). The van der Waals surface area contributed by atoms with E-state index in [4.69, 9.17) is 4.42 Å². The maximum atomic E-state index is 12.9. The van der Waals surface area contributed by atoms with Crippen molar-refractivity contribution in [3.8, 4) is 0 Å². The number of anilines is 1. The third kappa shape index (κ3) is 5.45. The van der Waals surface area contributed by atoms with Gasteiger partial charge in [-0.25, -0.2) is 4.79 Å². The van der Waals surface area contributed by atoms with Crippen LogP contribution in [0, 0.1) is 0 Å². The number of ether oxygens (including phenoxy) is 1. The van der Waals surface area contributed by atoms with Gasteiger partial charge in [-0.15, -0.1) is 0 Å². The lowest BCUT2D eigenvalue weighted by atomic mass is 10.1. The van der Waals surface area contributed by atoms with Gasteiger partial charge in [-0.05, 0) is 60.2 Å². The topological polar surface area (TPSA) is 97.6 Å². The minimum atomic E-state index is -0.558. The first-order valence-electron chi connectivity index (χ1n) is 8.78. The Bertz CT molecular complexity index is 1090. The van der Waals surface area contributed by atoms with Crippen LogP contribution in [0.2, 0.25) is 0 Å². The van der Waals surface area contributed by atoms with Crippen molar-refractivity contribution in [3.63, 3.8) is 0 Å². The highest BCUT2D eigenvalue weighted by Gasteiger charge is 2.17. The lowest BCUT2D eigenvalue weighted by molar-refractivity contribution is -0.113. The fourth-order valence-electron chi connectivity index (χ4n) is 2.52. The first kappa shape index (κ1) is 21.1. The van der Waals surface area contributed by atoms with E-state index >= 15 is 0 Å². The summed E-state index contributed by atoms with van der Waals surface area (Å²) in [6, 6.07) is 16.5. The molecule has 7 nitrogen and oxygen atoms in total. The summed E-state index contributed by atoms with van der Waals surface area (Å²) < 4.78 is 10.6. The van der Waals surface area contributed by atoms with Crippen LogP contribution in [0.15, 0.2) is 81.5 Å². The van der Waals surface area contributed by atoms with E-state index in [-0.39, 0.29) is 11.5 Å². The molecule has 0 radical (unpaired) electrons. The number of rotatable bonds is 6. The molecule has 2 N–H and O–H groups in total. The Balaban J connectivity index is 1.84. The molecule has 0 aliphatic carbocycles. The summed E-state index contributed by atoms with van der Waals surface area (Å²) >= 11 is 3.38. The fourth-order valence-corrected chi connectivity index (χ4v) is 2.94. The monoisotopic (exact) mass is 468 g/mol. The quantitative estimate of drug-likeness (QED) is 0.416. The molecule has 0 aliphatic heterocycles. The van der Waals surface area contributed by atoms with Crippen LogP contribution in [0.5, 0.6) is 0 Å². The number of hydrogen-bond acceptors (Lipinski definition) is 5. The summed E-state index contributed by atoms with van der Waals surface area (Å²) in [4.78, 5) is 36.8. The number of carbonyl (C=O) groups excluding carboxylic acids is 3. The van der Waals surface area contributed by atoms with Crippen molar-refractivity contribution in [3.05, 3.63) is 94.0 Å². The van der Waals surface area contributed by atoms with Crippen molar-refractivity contribution < 1.29 is 23.5 Å². The summed E-state index contributed by atoms with van der Waals surface area (Å²) in [6.07, 6.45) is 2.92. The second-order valence-electron chi connectivity index (χ2n) is 6.07. The van der Waals surface area contributed by atoms with Crippen LogP contribution < -0.4 is 10.6 Å². The maximum absolute atomic E-state index is 12.9. The molecule has 0 aliphatic rings. The normalized spacial score (nSPS) is 10.9. The van der Waals surface area contributed by atoms with E-state index in [1.165, 1.54) is 31.6 Å². The van der Waals surface area contributed by atoms with Crippen molar-refractivity contribution >= 4 is 45.5 Å². The number of methoxy groups -OCH3 is 1. The van der Waals surface area contributed by atoms with Crippen LogP contribution in [0.25, 0.3) is 6.08 Å². The average Bonchev–Trinajstić information content (AvgIpc) is 3.28. The van der Waals surface area contributed by atoms with Crippen molar-refractivity contribution in [2.75, 3.05) is 12.4 Å². The average molecular weight is 469 g/mol. The number of furan rings is 1. The van der Waals surface area contributed by atoms with Gasteiger partial charge in [0.2, 0.25) is 0 Å². The van der Waals surface area contributed by atoms with E-state index < -0.39 is 17.8 Å². The lowest BCUT2D eigenvalue weighted by Crippen LogP contribution is -2.30. The maximum Gasteiger partial charge on any atom is 0.337 e. The third-order valence-electron chi connectivity index (χ3n) is 3.96. The molecule has 2 amide bonds. The van der Waals surface area contributed by atoms with Crippen LogP contribution in [0.1, 0.15) is 26.5 Å². The molecule has 0 bridgehead atoms. The zero-order valence-corrected chi connectivity index (χ0v) is 17.4. The van der Waals surface area contributed by atoms with E-state index in [9.17, 15) is 14.4 Å². The van der Waals surface area contributed by atoms with Gasteiger partial charge in [0, 0.05) is 10.2 Å². The Morgan fingerprint density at radius 3 is 2.43 bits per heavy atom. The second-order valence-corrected chi connectivity index (χ2v) is 6.98. The Morgan fingerprint density at radius 2 is 1.80 bits per heavy atom. The molecule has 1 aromatic heterocycles. The molecule has 152 valence electrons. The number of nitrogens with one attached hydrogen (secondary N) is 2. The number of halogens is 1. The highest BCUT2D eigenvalue weighted by Crippen LogP contribution is 2.16. The van der Waals surface area contributed by atoms with Crippen molar-refractivity contribution in [1.29, 1.82) is 0 Å². The predicted octanol–water partition coefficient (Wildman–Crippen LogP) is 4.24. The van der Waals surface area contributed by atoms with Crippen LogP contribution in [-0.2, 0) is 9.53 Å². The van der Waals surface area contributed by atoms with Crippen LogP contribution in [0.3, 0.4) is 0 Å². The Morgan fingerprint density at radius 1 is 1.03 bits per heavy atom. The Hall–Kier alpha value is -3.65. The van der Waals surface area contributed by atoms with Crippen LogP contribution in [-0.4, -0.2) is 24.9 Å². The SMILES string of the molecule is COC(=O)c1ccc(NC(=O)/C(=C/c2cccc(Br)c2)NC(=O)c2ccco2)cc1. The molecule has 0 unspecified atom stereocenters. The third-order valence-corrected chi connectivity index (χ3v) is 4.45. The first-order valence-corrected chi connectivity index (χ1v) is 9.57. The summed E-state index contributed by atoms with van der Waals surface area (Å²) in [5.74, 6) is -1.50. The number of benzene rings is 2. The lowest BCUT2D eigenvalue weighted by Gasteiger charge is -2.11. The number of hydrogen-bond donors (Lipinski definition) is 2. The highest BCUT2D eigenvalue weighted by molar-refractivity contribution is 9.10. The van der Waals surface area contributed by atoms with Crippen LogP contribution >= 0.6 is 15.9 Å². The van der Waals surface area contributed by atoms with Crippen LogP contribution in [0.4, 0.5) is 5.69 Å². The fraction of sp³-hybridized carbons (Fsp3) is 0.0455. The molecule has 0 fully saturated rings. The molecular weight excluding hydrogens is 452 g/mol. The molecular formula is C22H17BrN2O5. The minimum Gasteiger partial charge on any atom is -0.465 e. The van der Waals surface area contributed by atoms with E-state index in [2.05, 4.69) is 31.3 Å². The van der Waals surface area contributed by atoms with E-state index in [1.807, 2.05) is 12.1 Å². The van der Waals surface area contributed by atoms with Gasteiger partial charge in [0.25, 0.3) is 11.8 Å². The van der Waals surface area contributed by atoms with Gasteiger partial charge in [-0.3, -0.25) is 9.59 Å². The zero-order chi connectivity index (χ0) is 21.5. The molecule has 30 heavy (non-hydrogen) atoms. The first-order chi connectivity index (χ1) is 14.5. The summed E-state index contributed by atoms with van der Waals surface area (Å²) in [5, 5.41) is 5.27. The summed E-state index contributed by atoms with van der Waals surface area (Å²) in [7, 11) is 1.29. The van der Waals surface area contributed by atoms with Gasteiger partial charge in [0.1, 0.15) is 5.70 Å². The predicted molar refractivity (Wildman–Crippen MR) is 115 cm³/mol.